The minimum Gasteiger partial charge on any atom is -0.469 e. The molecule has 0 amide bonds. The Morgan fingerprint density at radius 3 is 2.55 bits per heavy atom. The first kappa shape index (κ1) is 21.4. The summed E-state index contributed by atoms with van der Waals surface area (Å²) < 4.78 is 10.3. The molecule has 1 aliphatic heterocycles. The Balaban J connectivity index is 0.00000441. The third kappa shape index (κ3) is 8.17. The van der Waals surface area contributed by atoms with E-state index in [-0.39, 0.29) is 29.9 Å². The van der Waals surface area contributed by atoms with Crippen molar-refractivity contribution in [1.29, 1.82) is 0 Å². The fourth-order valence-electron chi connectivity index (χ4n) is 2.50. The number of halogens is 1. The molecule has 1 fully saturated rings. The van der Waals surface area contributed by atoms with Gasteiger partial charge in [-0.15, -0.1) is 24.0 Å². The standard InChI is InChI=1S/C15H29N3O3.HI/c1-4-21-13-8-11-18(12-9-13)15(16-2)17-10-6-5-7-14(19)20-3;/h13H,4-12H2,1-3H3,(H,16,17);1H. The van der Waals surface area contributed by atoms with Crippen molar-refractivity contribution in [3.8, 4) is 0 Å². The average Bonchev–Trinajstić information content (AvgIpc) is 2.52. The van der Waals surface area contributed by atoms with Crippen molar-refractivity contribution < 1.29 is 14.3 Å². The van der Waals surface area contributed by atoms with E-state index in [0.717, 1.165) is 57.9 Å². The molecule has 0 radical (unpaired) electrons. The summed E-state index contributed by atoms with van der Waals surface area (Å²) in [5, 5.41) is 3.36. The molecule has 1 rings (SSSR count). The molecule has 22 heavy (non-hydrogen) atoms. The van der Waals surface area contributed by atoms with Gasteiger partial charge in [-0.1, -0.05) is 0 Å². The molecular weight excluding hydrogens is 397 g/mol. The Hall–Kier alpha value is -0.570. The van der Waals surface area contributed by atoms with E-state index in [9.17, 15) is 4.79 Å². The number of unbranched alkanes of at least 4 members (excludes halogenated alkanes) is 1. The molecule has 130 valence electrons. The highest BCUT2D eigenvalue weighted by Gasteiger charge is 2.21. The minimum absolute atomic E-state index is 0. The first-order valence-electron chi connectivity index (χ1n) is 7.85. The number of carbonyl (C=O) groups is 1. The van der Waals surface area contributed by atoms with E-state index in [0.29, 0.717) is 12.5 Å². The molecule has 1 heterocycles. The van der Waals surface area contributed by atoms with E-state index in [4.69, 9.17) is 4.74 Å². The number of carbonyl (C=O) groups excluding carboxylic acids is 1. The second-order valence-electron chi connectivity index (χ2n) is 5.15. The fraction of sp³-hybridized carbons (Fsp3) is 0.867. The van der Waals surface area contributed by atoms with E-state index in [2.05, 4.69) is 19.9 Å². The topological polar surface area (TPSA) is 63.2 Å². The van der Waals surface area contributed by atoms with Crippen molar-refractivity contribution in [2.45, 2.75) is 45.1 Å². The third-order valence-corrected chi connectivity index (χ3v) is 3.67. The van der Waals surface area contributed by atoms with E-state index < -0.39 is 0 Å². The summed E-state index contributed by atoms with van der Waals surface area (Å²) in [5.74, 6) is 0.806. The summed E-state index contributed by atoms with van der Waals surface area (Å²) in [4.78, 5) is 17.6. The second-order valence-corrected chi connectivity index (χ2v) is 5.15. The predicted octanol–water partition coefficient (Wildman–Crippen LogP) is 2.02. The zero-order chi connectivity index (χ0) is 15.5. The fourth-order valence-corrected chi connectivity index (χ4v) is 2.50. The zero-order valence-corrected chi connectivity index (χ0v) is 16.3. The quantitative estimate of drug-likeness (QED) is 0.222. The molecule has 6 nitrogen and oxygen atoms in total. The second kappa shape index (κ2) is 12.9. The Morgan fingerprint density at radius 2 is 2.00 bits per heavy atom. The molecule has 0 spiro atoms. The van der Waals surface area contributed by atoms with Crippen LogP contribution in [0.4, 0.5) is 0 Å². The molecule has 1 aliphatic rings. The highest BCUT2D eigenvalue weighted by molar-refractivity contribution is 14.0. The Kier molecular flexibility index (Phi) is 12.6. The number of rotatable bonds is 7. The predicted molar refractivity (Wildman–Crippen MR) is 98.9 cm³/mol. The maximum Gasteiger partial charge on any atom is 0.305 e. The lowest BCUT2D eigenvalue weighted by Crippen LogP contribution is -2.47. The Bertz CT molecular complexity index is 332. The number of esters is 1. The maximum absolute atomic E-state index is 11.0. The van der Waals surface area contributed by atoms with Crippen molar-refractivity contribution in [1.82, 2.24) is 10.2 Å². The summed E-state index contributed by atoms with van der Waals surface area (Å²) in [5.41, 5.74) is 0. The lowest BCUT2D eigenvalue weighted by atomic mass is 10.1. The normalized spacial score (nSPS) is 16.1. The molecule has 0 atom stereocenters. The molecular formula is C15H30IN3O3. The van der Waals surface area contributed by atoms with Crippen molar-refractivity contribution >= 4 is 35.9 Å². The third-order valence-electron chi connectivity index (χ3n) is 3.67. The number of methoxy groups -OCH3 is 1. The molecule has 7 heteroatoms. The summed E-state index contributed by atoms with van der Waals surface area (Å²) in [6.07, 6.45) is 4.75. The van der Waals surface area contributed by atoms with Crippen LogP contribution in [-0.2, 0) is 14.3 Å². The van der Waals surface area contributed by atoms with Gasteiger partial charge >= 0.3 is 5.97 Å². The van der Waals surface area contributed by atoms with Crippen LogP contribution in [-0.4, -0.2) is 63.3 Å². The van der Waals surface area contributed by atoms with Crippen molar-refractivity contribution in [2.24, 2.45) is 4.99 Å². The molecule has 0 unspecified atom stereocenters. The van der Waals surface area contributed by atoms with Gasteiger partial charge in [-0.05, 0) is 32.6 Å². The monoisotopic (exact) mass is 427 g/mol. The molecule has 1 N–H and O–H groups in total. The number of guanidine groups is 1. The highest BCUT2D eigenvalue weighted by Crippen LogP contribution is 2.13. The highest BCUT2D eigenvalue weighted by atomic mass is 127. The van der Waals surface area contributed by atoms with E-state index >= 15 is 0 Å². The number of aliphatic imine (C=N–C) groups is 1. The maximum atomic E-state index is 11.0. The van der Waals surface area contributed by atoms with Gasteiger partial charge in [0.25, 0.3) is 0 Å². The van der Waals surface area contributed by atoms with Gasteiger partial charge in [0.2, 0.25) is 0 Å². The first-order valence-corrected chi connectivity index (χ1v) is 7.85. The number of nitrogens with zero attached hydrogens (tertiary/aromatic N) is 2. The van der Waals surface area contributed by atoms with Crippen LogP contribution in [0.25, 0.3) is 0 Å². The summed E-state index contributed by atoms with van der Waals surface area (Å²) in [6.45, 7) is 5.62. The van der Waals surface area contributed by atoms with Crippen LogP contribution in [0.1, 0.15) is 39.0 Å². The van der Waals surface area contributed by atoms with Crippen LogP contribution < -0.4 is 5.32 Å². The van der Waals surface area contributed by atoms with Gasteiger partial charge in [0, 0.05) is 39.7 Å². The number of hydrogen-bond donors (Lipinski definition) is 1. The van der Waals surface area contributed by atoms with Crippen LogP contribution >= 0.6 is 24.0 Å². The van der Waals surface area contributed by atoms with Crippen LogP contribution in [0.5, 0.6) is 0 Å². The molecule has 0 aliphatic carbocycles. The molecule has 0 saturated carbocycles. The van der Waals surface area contributed by atoms with Crippen LogP contribution in [0.3, 0.4) is 0 Å². The van der Waals surface area contributed by atoms with E-state index in [1.165, 1.54) is 7.11 Å². The number of likely N-dealkylation sites (tertiary alicyclic amines) is 1. The van der Waals surface area contributed by atoms with Gasteiger partial charge in [-0.25, -0.2) is 0 Å². The number of ether oxygens (including phenoxy) is 2. The molecule has 0 aromatic rings. The summed E-state index contributed by atoms with van der Waals surface area (Å²) in [6, 6.07) is 0. The number of nitrogens with one attached hydrogen (secondary N) is 1. The van der Waals surface area contributed by atoms with Crippen LogP contribution in [0, 0.1) is 0 Å². The molecule has 0 aromatic carbocycles. The molecule has 0 bridgehead atoms. The van der Waals surface area contributed by atoms with E-state index in [1.807, 2.05) is 14.0 Å². The minimum atomic E-state index is -0.141. The summed E-state index contributed by atoms with van der Waals surface area (Å²) in [7, 11) is 3.24. The zero-order valence-electron chi connectivity index (χ0n) is 14.0. The Labute approximate surface area is 151 Å². The SMILES string of the molecule is CCOC1CCN(C(=NC)NCCCCC(=O)OC)CC1.I. The lowest BCUT2D eigenvalue weighted by Gasteiger charge is -2.34. The van der Waals surface area contributed by atoms with Crippen molar-refractivity contribution in [3.05, 3.63) is 0 Å². The van der Waals surface area contributed by atoms with E-state index in [1.54, 1.807) is 0 Å². The number of piperidine rings is 1. The van der Waals surface area contributed by atoms with Crippen LogP contribution in [0.2, 0.25) is 0 Å². The van der Waals surface area contributed by atoms with Gasteiger partial charge in [0.15, 0.2) is 5.96 Å². The van der Waals surface area contributed by atoms with Gasteiger partial charge in [0.1, 0.15) is 0 Å². The smallest absolute Gasteiger partial charge is 0.305 e. The average molecular weight is 427 g/mol. The number of hydrogen-bond acceptors (Lipinski definition) is 4. The van der Waals surface area contributed by atoms with Crippen molar-refractivity contribution in [2.75, 3.05) is 40.4 Å². The van der Waals surface area contributed by atoms with Crippen LogP contribution in [0.15, 0.2) is 4.99 Å². The first-order chi connectivity index (χ1) is 10.2. The summed E-state index contributed by atoms with van der Waals surface area (Å²) >= 11 is 0. The Morgan fingerprint density at radius 1 is 1.32 bits per heavy atom. The molecule has 1 saturated heterocycles. The largest absolute Gasteiger partial charge is 0.469 e. The van der Waals surface area contributed by atoms with Gasteiger partial charge in [-0.3, -0.25) is 9.79 Å². The van der Waals surface area contributed by atoms with Gasteiger partial charge in [-0.2, -0.15) is 0 Å². The van der Waals surface area contributed by atoms with Gasteiger partial charge < -0.3 is 19.7 Å². The lowest BCUT2D eigenvalue weighted by molar-refractivity contribution is -0.140. The molecule has 0 aromatic heterocycles. The van der Waals surface area contributed by atoms with Gasteiger partial charge in [0.05, 0.1) is 13.2 Å². The van der Waals surface area contributed by atoms with Crippen molar-refractivity contribution in [3.63, 3.8) is 0 Å².